The average molecular weight is 1280 g/mol. The van der Waals surface area contributed by atoms with Gasteiger partial charge in [-0.15, -0.1) is 12.3 Å². The summed E-state index contributed by atoms with van der Waals surface area (Å²) in [6.45, 7) is 9.02. The van der Waals surface area contributed by atoms with E-state index in [1.807, 2.05) is 0 Å². The number of rotatable bonds is 23. The first-order valence-corrected chi connectivity index (χ1v) is 30.1. The number of amides is 1. The molecule has 92 heavy (non-hydrogen) atoms. The summed E-state index contributed by atoms with van der Waals surface area (Å²) in [6.07, 6.45) is -10.1. The van der Waals surface area contributed by atoms with Crippen LogP contribution in [0.1, 0.15) is 120 Å². The van der Waals surface area contributed by atoms with Gasteiger partial charge in [-0.25, -0.2) is 19.2 Å². The molecule has 25 nitrogen and oxygen atoms in total. The van der Waals surface area contributed by atoms with Crippen LogP contribution in [0.25, 0.3) is 0 Å². The predicted molar refractivity (Wildman–Crippen MR) is 316 cm³/mol. The van der Waals surface area contributed by atoms with E-state index >= 15 is 9.59 Å². The lowest BCUT2D eigenvalue weighted by atomic mass is 9.44. The molecule has 3 unspecified atom stereocenters. The van der Waals surface area contributed by atoms with Crippen molar-refractivity contribution < 1.29 is 115 Å². The Morgan fingerprint density at radius 1 is 0.772 bits per heavy atom. The molecule has 0 spiro atoms. The molecule has 2 saturated carbocycles. The van der Waals surface area contributed by atoms with Gasteiger partial charge in [0.05, 0.1) is 36.2 Å². The Kier molecular flexibility index (Phi) is 22.0. The summed E-state index contributed by atoms with van der Waals surface area (Å²) in [6, 6.07) is 21.7. The number of unbranched alkanes of at least 4 members (excludes halogenated alkanes) is 1. The monoisotopic (exact) mass is 1280 g/mol. The van der Waals surface area contributed by atoms with E-state index in [4.69, 9.17) is 63.3 Å². The summed E-state index contributed by atoms with van der Waals surface area (Å²) in [7, 11) is 0. The number of fused-ring (bicyclic) bond motifs is 5. The van der Waals surface area contributed by atoms with Crippen molar-refractivity contribution in [1.29, 1.82) is 0 Å². The minimum absolute atomic E-state index is 0.0110. The highest BCUT2D eigenvalue weighted by molar-refractivity contribution is 5.96. The molecule has 25 heteroatoms. The Morgan fingerprint density at radius 3 is 1.96 bits per heavy atom. The molecule has 0 radical (unpaired) electrons. The number of esters is 8. The smallest absolute Gasteiger partial charge is 0.350 e. The third-order valence-corrected chi connectivity index (χ3v) is 17.9. The van der Waals surface area contributed by atoms with Crippen molar-refractivity contribution in [2.24, 2.45) is 22.7 Å². The maximum atomic E-state index is 15.9. The maximum absolute atomic E-state index is 15.9. The molecule has 2 saturated heterocycles. The zero-order chi connectivity index (χ0) is 67.0. The van der Waals surface area contributed by atoms with Crippen molar-refractivity contribution in [2.75, 3.05) is 33.0 Å². The third-order valence-electron chi connectivity index (χ3n) is 17.9. The standard InChI is InChI=1S/C67H77NO24/c1-11-12-22-29-82-63-37(3)53(85-38(4)69)54(86-39(5)70)46(89-63)32-83-49(74)33-81-34-50(75)90-56(52(42-23-16-13-17-24-42)68-60(77)43-25-18-14-19-26-43)62(79)88-45-31-67(80)59(91-61(78)44-27-20-15-21-28-44)57-65(10,47(73)30-48-66(57,35-84-48)92-41(7)72)58(76)55(87-40(6)71)51(36(45)2)64(67,8)9/h1,13-21,23-28,37,45-48,52-57,59,63,73,80H,12,22,29-35H2,2-10H3,(H,68,77)/t37?,45-,46?,47-,48+,52?,53+,54+,55+,56+,57-,59-,63+,65+,66-,67+/m0/s1. The zero-order valence-electron chi connectivity index (χ0n) is 52.5. The van der Waals surface area contributed by atoms with Crippen molar-refractivity contribution in [3.8, 4) is 12.3 Å². The van der Waals surface area contributed by atoms with Gasteiger partial charge in [-0.3, -0.25) is 28.8 Å². The quantitative estimate of drug-likeness (QED) is 0.0387. The van der Waals surface area contributed by atoms with Crippen molar-refractivity contribution in [1.82, 2.24) is 5.32 Å². The number of carbonyl (C=O) groups excluding carboxylic acids is 10. The molecule has 5 aliphatic rings. The fourth-order valence-electron chi connectivity index (χ4n) is 13.3. The van der Waals surface area contributed by atoms with Crippen LogP contribution in [-0.4, -0.2) is 175 Å². The highest BCUT2D eigenvalue weighted by Crippen LogP contribution is 2.64. The van der Waals surface area contributed by atoms with Crippen LogP contribution in [0.2, 0.25) is 0 Å². The lowest BCUT2D eigenvalue weighted by Gasteiger charge is -2.67. The van der Waals surface area contributed by atoms with Crippen LogP contribution in [-0.2, 0) is 95.2 Å². The first kappa shape index (κ1) is 69.5. The summed E-state index contributed by atoms with van der Waals surface area (Å²) >= 11 is 0. The number of terminal acetylenes is 1. The number of aliphatic hydroxyl groups is 2. The summed E-state index contributed by atoms with van der Waals surface area (Å²) in [4.78, 5) is 139. The maximum Gasteiger partial charge on any atom is 0.350 e. The summed E-state index contributed by atoms with van der Waals surface area (Å²) in [5, 5.41) is 29.2. The van der Waals surface area contributed by atoms with Crippen LogP contribution in [0.4, 0.5) is 0 Å². The van der Waals surface area contributed by atoms with Crippen LogP contribution in [0, 0.1) is 35.0 Å². The van der Waals surface area contributed by atoms with Gasteiger partial charge in [0, 0.05) is 63.9 Å². The summed E-state index contributed by atoms with van der Waals surface area (Å²) in [5.74, 6) is -9.67. The molecule has 494 valence electrons. The van der Waals surface area contributed by atoms with Crippen molar-refractivity contribution in [3.05, 3.63) is 119 Å². The second kappa shape index (κ2) is 29.1. The van der Waals surface area contributed by atoms with Gasteiger partial charge < -0.3 is 72.4 Å². The van der Waals surface area contributed by atoms with Gasteiger partial charge in [0.25, 0.3) is 5.91 Å². The molecule has 1 amide bonds. The number of benzene rings is 3. The third kappa shape index (κ3) is 14.4. The first-order chi connectivity index (χ1) is 43.6. The minimum Gasteiger partial charge on any atom is -0.461 e. The normalized spacial score (nSPS) is 30.0. The number of hydrogen-bond acceptors (Lipinski definition) is 24. The van der Waals surface area contributed by atoms with Gasteiger partial charge in [0.15, 0.2) is 29.9 Å². The molecular weight excluding hydrogens is 1200 g/mol. The Morgan fingerprint density at radius 2 is 1.37 bits per heavy atom. The lowest BCUT2D eigenvalue weighted by Crippen LogP contribution is -2.82. The molecule has 4 fully saturated rings. The largest absolute Gasteiger partial charge is 0.461 e. The molecule has 3 aromatic rings. The van der Waals surface area contributed by atoms with Crippen molar-refractivity contribution in [2.45, 2.75) is 166 Å². The fraction of sp³-hybridized carbons (Fsp3) is 0.522. The number of ketones is 1. The summed E-state index contributed by atoms with van der Waals surface area (Å²) in [5.41, 5.74) is -8.28. The van der Waals surface area contributed by atoms with Gasteiger partial charge in [0.2, 0.25) is 6.10 Å². The molecule has 8 rings (SSSR count). The van der Waals surface area contributed by atoms with Gasteiger partial charge >= 0.3 is 47.8 Å². The van der Waals surface area contributed by atoms with Crippen LogP contribution < -0.4 is 5.32 Å². The summed E-state index contributed by atoms with van der Waals surface area (Å²) < 4.78 is 70.9. The number of hydrogen-bond donors (Lipinski definition) is 3. The fourth-order valence-corrected chi connectivity index (χ4v) is 13.3. The van der Waals surface area contributed by atoms with Crippen molar-refractivity contribution >= 4 is 59.4 Å². The Balaban J connectivity index is 1.14. The molecular formula is C67H77NO24. The molecule has 2 heterocycles. The Labute approximate surface area is 531 Å². The van der Waals surface area contributed by atoms with E-state index in [1.165, 1.54) is 64.1 Å². The zero-order valence-corrected chi connectivity index (χ0v) is 52.5. The number of ether oxygens (including phenoxy) is 12. The molecule has 3 aromatic carbocycles. The molecule has 3 aliphatic carbocycles. The van der Waals surface area contributed by atoms with E-state index in [0.717, 1.165) is 27.7 Å². The lowest BCUT2D eigenvalue weighted by molar-refractivity contribution is -0.346. The second-order valence-corrected chi connectivity index (χ2v) is 24.2. The minimum atomic E-state index is -2.58. The van der Waals surface area contributed by atoms with E-state index in [-0.39, 0.29) is 40.9 Å². The molecule has 3 N–H and O–H groups in total. The van der Waals surface area contributed by atoms with Crippen LogP contribution in [0.15, 0.2) is 102 Å². The van der Waals surface area contributed by atoms with Gasteiger partial charge in [-0.2, -0.15) is 0 Å². The first-order valence-electron chi connectivity index (χ1n) is 30.1. The highest BCUT2D eigenvalue weighted by atomic mass is 16.7. The molecule has 2 aliphatic heterocycles. The van der Waals surface area contributed by atoms with E-state index in [0.29, 0.717) is 12.8 Å². The Bertz CT molecular complexity index is 3330. The van der Waals surface area contributed by atoms with E-state index in [9.17, 15) is 48.6 Å². The molecule has 2 bridgehead atoms. The van der Waals surface area contributed by atoms with E-state index < -0.39 is 193 Å². The van der Waals surface area contributed by atoms with Gasteiger partial charge in [-0.1, -0.05) is 87.5 Å². The van der Waals surface area contributed by atoms with E-state index in [2.05, 4.69) is 11.2 Å². The second-order valence-electron chi connectivity index (χ2n) is 24.2. The number of Topliss-reactive ketones (excluding diaryl/α,β-unsaturated/α-hetero) is 1. The van der Waals surface area contributed by atoms with Gasteiger partial charge in [0.1, 0.15) is 62.0 Å². The van der Waals surface area contributed by atoms with Crippen LogP contribution in [0.3, 0.4) is 0 Å². The number of carbonyl (C=O) groups is 10. The van der Waals surface area contributed by atoms with Gasteiger partial charge in [-0.05, 0) is 61.2 Å². The van der Waals surface area contributed by atoms with Crippen LogP contribution >= 0.6 is 0 Å². The molecule has 16 atom stereocenters. The predicted octanol–water partition coefficient (Wildman–Crippen LogP) is 4.50. The average Bonchev–Trinajstić information content (AvgIpc) is 0.670. The van der Waals surface area contributed by atoms with Crippen LogP contribution in [0.5, 0.6) is 0 Å². The highest BCUT2D eigenvalue weighted by Gasteiger charge is 2.78. The van der Waals surface area contributed by atoms with Crippen molar-refractivity contribution in [3.63, 3.8) is 0 Å². The van der Waals surface area contributed by atoms with E-state index in [1.54, 1.807) is 61.5 Å². The Hall–Kier alpha value is -8.38. The topological polar surface area (TPSA) is 334 Å². The molecule has 0 aromatic heterocycles. The SMILES string of the molecule is C#CCCCO[C@@H]1OC(COC(=O)COCC(=O)O[C@@H](C(=O)O[C@H]2C[C@@]3(O)[C@@H](OC(=O)c4ccccc4)[C@@H]4[C@]5(OC(C)=O)CO[C@@H]5C[C@H](O)[C@@]4(C)C(=O)[C@H](OC(C)=O)C(=C2C)C3(C)C)C(NC(=O)c2ccccc2)c2ccccc2)[C@@H](OC(C)=O)[C@H](OC(C)=O)C1C. The number of aliphatic hydroxyl groups excluding tert-OH is 1. The number of nitrogens with one attached hydrogen (secondary N) is 1.